The first-order valence-corrected chi connectivity index (χ1v) is 10.8. The average Bonchev–Trinajstić information content (AvgIpc) is 3.41. The lowest BCUT2D eigenvalue weighted by Gasteiger charge is -2.11. The molecule has 1 saturated carbocycles. The second-order valence-corrected chi connectivity index (χ2v) is 8.08. The molecular formula is C29H27N. The highest BCUT2D eigenvalue weighted by atomic mass is 14.7. The number of aromatic nitrogens is 1. The lowest BCUT2D eigenvalue weighted by Crippen LogP contribution is -1.99. The molecule has 1 fully saturated rings. The predicted octanol–water partition coefficient (Wildman–Crippen LogP) is 7.82. The van der Waals surface area contributed by atoms with Crippen LogP contribution in [-0.4, -0.2) is 4.98 Å². The van der Waals surface area contributed by atoms with Gasteiger partial charge in [0.05, 0.1) is 5.69 Å². The quantitative estimate of drug-likeness (QED) is 0.338. The monoisotopic (exact) mass is 391 g/mol. The van der Waals surface area contributed by atoms with Gasteiger partial charge in [0.15, 0.2) is 0 Å². The lowest BCUT2D eigenvalue weighted by atomic mass is 9.96. The Morgan fingerprint density at radius 2 is 1.30 bits per heavy atom. The molecule has 0 bridgehead atoms. The van der Waals surface area contributed by atoms with Gasteiger partial charge in [0, 0.05) is 14.5 Å². The van der Waals surface area contributed by atoms with Crippen LogP contribution in [-0.2, 0) is 6.37 Å². The van der Waals surface area contributed by atoms with Gasteiger partial charge in [-0.3, -0.25) is 4.98 Å². The molecule has 1 aliphatic rings. The Morgan fingerprint density at radius 1 is 0.667 bits per heavy atom. The van der Waals surface area contributed by atoms with Crippen molar-refractivity contribution in [1.82, 2.24) is 4.98 Å². The first kappa shape index (κ1) is 16.6. The molecule has 0 amide bonds. The Morgan fingerprint density at radius 3 is 2.07 bits per heavy atom. The fraction of sp³-hybridized carbons (Fsp3) is 0.207. The SMILES string of the molecule is [2H]C([2H])(c1ccnc(-c2cccc(-c3ccc(-c4ccccc4)cc3)c2)c1)C1CCCC1. The van der Waals surface area contributed by atoms with Crippen molar-refractivity contribution in [2.45, 2.75) is 32.1 Å². The van der Waals surface area contributed by atoms with E-state index in [0.29, 0.717) is 0 Å². The molecule has 0 unspecified atom stereocenters. The topological polar surface area (TPSA) is 12.9 Å². The molecule has 0 atom stereocenters. The van der Waals surface area contributed by atoms with Gasteiger partial charge < -0.3 is 0 Å². The van der Waals surface area contributed by atoms with Crippen LogP contribution in [0, 0.1) is 5.92 Å². The normalized spacial score (nSPS) is 15.6. The summed E-state index contributed by atoms with van der Waals surface area (Å²) >= 11 is 0. The minimum Gasteiger partial charge on any atom is -0.256 e. The van der Waals surface area contributed by atoms with Gasteiger partial charge in [-0.05, 0) is 58.3 Å². The first-order valence-electron chi connectivity index (χ1n) is 11.8. The van der Waals surface area contributed by atoms with Crippen molar-refractivity contribution in [2.24, 2.45) is 5.92 Å². The molecule has 0 aliphatic heterocycles. The van der Waals surface area contributed by atoms with E-state index in [4.69, 9.17) is 2.74 Å². The highest BCUT2D eigenvalue weighted by Crippen LogP contribution is 2.30. The second kappa shape index (κ2) is 8.67. The molecule has 1 aromatic heterocycles. The summed E-state index contributed by atoms with van der Waals surface area (Å²) in [6, 6.07) is 31.2. The molecule has 5 rings (SSSR count). The van der Waals surface area contributed by atoms with Gasteiger partial charge in [-0.2, -0.15) is 0 Å². The van der Waals surface area contributed by atoms with Crippen LogP contribution in [0.15, 0.2) is 97.2 Å². The molecule has 4 aromatic rings. The molecule has 30 heavy (non-hydrogen) atoms. The molecule has 1 heteroatoms. The summed E-state index contributed by atoms with van der Waals surface area (Å²) in [7, 11) is 0. The third kappa shape index (κ3) is 4.21. The Bertz CT molecular complexity index is 1190. The van der Waals surface area contributed by atoms with Crippen LogP contribution in [0.5, 0.6) is 0 Å². The molecule has 0 radical (unpaired) electrons. The van der Waals surface area contributed by atoms with Gasteiger partial charge in [0.2, 0.25) is 0 Å². The number of benzene rings is 3. The van der Waals surface area contributed by atoms with E-state index in [2.05, 4.69) is 77.8 Å². The van der Waals surface area contributed by atoms with E-state index in [1.807, 2.05) is 18.2 Å². The molecule has 1 aliphatic carbocycles. The number of rotatable bonds is 5. The zero-order valence-corrected chi connectivity index (χ0v) is 17.1. The standard InChI is InChI=1S/C29H27N/c1-2-9-24(10-3-1)25-13-15-26(16-14-25)27-11-6-12-28(21-27)29-20-23(17-18-30-29)19-22-7-4-5-8-22/h1-3,6,9-18,20-22H,4-5,7-8,19H2/i19D2. The minimum atomic E-state index is -1.31. The first-order chi connectivity index (χ1) is 15.6. The van der Waals surface area contributed by atoms with Crippen LogP contribution >= 0.6 is 0 Å². The zero-order valence-electron chi connectivity index (χ0n) is 19.1. The van der Waals surface area contributed by atoms with Crippen molar-refractivity contribution in [3.63, 3.8) is 0 Å². The van der Waals surface area contributed by atoms with Gasteiger partial charge in [-0.15, -0.1) is 0 Å². The summed E-state index contributed by atoms with van der Waals surface area (Å²) in [6.45, 7) is 0. The van der Waals surface area contributed by atoms with Crippen molar-refractivity contribution in [3.05, 3.63) is 103 Å². The maximum absolute atomic E-state index is 8.73. The van der Waals surface area contributed by atoms with Crippen molar-refractivity contribution < 1.29 is 2.74 Å². The zero-order chi connectivity index (χ0) is 22.0. The smallest absolute Gasteiger partial charge is 0.0704 e. The Kier molecular flexibility index (Phi) is 4.79. The molecule has 3 aromatic carbocycles. The summed E-state index contributed by atoms with van der Waals surface area (Å²) in [5.41, 5.74) is 7.29. The van der Waals surface area contributed by atoms with Crippen molar-refractivity contribution in [1.29, 1.82) is 0 Å². The van der Waals surface area contributed by atoms with E-state index >= 15 is 0 Å². The highest BCUT2D eigenvalue weighted by molar-refractivity contribution is 5.74. The largest absolute Gasteiger partial charge is 0.256 e. The summed E-state index contributed by atoms with van der Waals surface area (Å²) in [4.78, 5) is 4.57. The van der Waals surface area contributed by atoms with Crippen LogP contribution < -0.4 is 0 Å². The van der Waals surface area contributed by atoms with Gasteiger partial charge in [-0.1, -0.05) is 98.5 Å². The van der Waals surface area contributed by atoms with Gasteiger partial charge in [0.1, 0.15) is 0 Å². The van der Waals surface area contributed by atoms with Crippen LogP contribution in [0.1, 0.15) is 34.0 Å². The summed E-state index contributed by atoms with van der Waals surface area (Å²) < 4.78 is 17.5. The van der Waals surface area contributed by atoms with Gasteiger partial charge >= 0.3 is 0 Å². The number of hydrogen-bond acceptors (Lipinski definition) is 1. The maximum Gasteiger partial charge on any atom is 0.0704 e. The van der Waals surface area contributed by atoms with E-state index in [1.165, 1.54) is 11.1 Å². The van der Waals surface area contributed by atoms with E-state index < -0.39 is 6.37 Å². The van der Waals surface area contributed by atoms with E-state index in [1.54, 1.807) is 6.20 Å². The number of hydrogen-bond donors (Lipinski definition) is 0. The van der Waals surface area contributed by atoms with Crippen LogP contribution in [0.25, 0.3) is 33.5 Å². The van der Waals surface area contributed by atoms with Gasteiger partial charge in [0.25, 0.3) is 0 Å². The molecule has 1 nitrogen and oxygen atoms in total. The summed E-state index contributed by atoms with van der Waals surface area (Å²) in [6.07, 6.45) is 4.65. The van der Waals surface area contributed by atoms with Crippen LogP contribution in [0.3, 0.4) is 0 Å². The highest BCUT2D eigenvalue weighted by Gasteiger charge is 2.15. The average molecular weight is 392 g/mol. The van der Waals surface area contributed by atoms with Crippen molar-refractivity contribution >= 4 is 0 Å². The molecule has 0 N–H and O–H groups in total. The van der Waals surface area contributed by atoms with E-state index in [0.717, 1.165) is 53.6 Å². The van der Waals surface area contributed by atoms with Crippen LogP contribution in [0.2, 0.25) is 0 Å². The third-order valence-electron chi connectivity index (χ3n) is 5.97. The molecule has 0 spiro atoms. The third-order valence-corrected chi connectivity index (χ3v) is 5.97. The fourth-order valence-corrected chi connectivity index (χ4v) is 4.33. The van der Waals surface area contributed by atoms with Crippen LogP contribution in [0.4, 0.5) is 0 Å². The lowest BCUT2D eigenvalue weighted by molar-refractivity contribution is 0.546. The summed E-state index contributed by atoms with van der Waals surface area (Å²) in [5, 5.41) is 0. The predicted molar refractivity (Wildman–Crippen MR) is 126 cm³/mol. The maximum atomic E-state index is 8.73. The Labute approximate surface area is 182 Å². The van der Waals surface area contributed by atoms with Gasteiger partial charge in [-0.25, -0.2) is 0 Å². The van der Waals surface area contributed by atoms with Crippen molar-refractivity contribution in [2.75, 3.05) is 0 Å². The Hall–Kier alpha value is -3.19. The number of nitrogens with zero attached hydrogens (tertiary/aromatic N) is 1. The summed E-state index contributed by atoms with van der Waals surface area (Å²) in [5.74, 6) is 0.104. The minimum absolute atomic E-state index is 0.104. The van der Waals surface area contributed by atoms with E-state index in [9.17, 15) is 0 Å². The molecule has 148 valence electrons. The second-order valence-electron chi connectivity index (χ2n) is 8.08. The van der Waals surface area contributed by atoms with Crippen molar-refractivity contribution in [3.8, 4) is 33.5 Å². The molecule has 1 heterocycles. The Balaban J connectivity index is 1.43. The molecular weight excluding hydrogens is 362 g/mol. The number of pyridine rings is 1. The fourth-order valence-electron chi connectivity index (χ4n) is 4.33. The molecule has 0 saturated heterocycles. The van der Waals surface area contributed by atoms with E-state index in [-0.39, 0.29) is 5.92 Å².